The van der Waals surface area contributed by atoms with E-state index in [-0.39, 0.29) is 13.2 Å². The Labute approximate surface area is 226 Å². The van der Waals surface area contributed by atoms with E-state index in [1.54, 1.807) is 37.5 Å². The number of hydrogen-bond donors (Lipinski definition) is 2. The molecule has 8 nitrogen and oxygen atoms in total. The van der Waals surface area contributed by atoms with Crippen LogP contribution >= 0.6 is 23.8 Å². The van der Waals surface area contributed by atoms with Gasteiger partial charge in [-0.25, -0.2) is 4.79 Å². The summed E-state index contributed by atoms with van der Waals surface area (Å²) in [6.07, 6.45) is 3.93. The highest BCUT2D eigenvalue weighted by Crippen LogP contribution is 2.40. The molecule has 1 aromatic heterocycles. The molecule has 1 aliphatic heterocycles. The summed E-state index contributed by atoms with van der Waals surface area (Å²) in [4.78, 5) is 16.0. The van der Waals surface area contributed by atoms with Gasteiger partial charge >= 0.3 is 5.97 Å². The van der Waals surface area contributed by atoms with Gasteiger partial charge in [0.25, 0.3) is 0 Å². The Morgan fingerprint density at radius 3 is 2.86 bits per heavy atom. The largest absolute Gasteiger partial charge is 0.482 e. The molecule has 0 unspecified atom stereocenters. The molecule has 0 spiro atoms. The lowest BCUT2D eigenvalue weighted by molar-refractivity contribution is -0.145. The normalized spacial score (nSPS) is 17.4. The fourth-order valence-electron chi connectivity index (χ4n) is 3.90. The molecule has 37 heavy (non-hydrogen) atoms. The van der Waals surface area contributed by atoms with Crippen LogP contribution in [0.15, 0.2) is 66.0 Å². The van der Waals surface area contributed by atoms with Crippen molar-refractivity contribution < 1.29 is 19.0 Å². The third kappa shape index (κ3) is 6.36. The Balaban J connectivity index is 1.61. The maximum Gasteiger partial charge on any atom is 0.344 e. The minimum Gasteiger partial charge on any atom is -0.482 e. The van der Waals surface area contributed by atoms with E-state index in [2.05, 4.69) is 20.8 Å². The molecule has 3 aromatic rings. The van der Waals surface area contributed by atoms with E-state index in [0.717, 1.165) is 22.4 Å². The van der Waals surface area contributed by atoms with Gasteiger partial charge in [-0.2, -0.15) is 5.10 Å². The number of aromatic nitrogens is 1. The Morgan fingerprint density at radius 2 is 2.11 bits per heavy atom. The zero-order valence-corrected chi connectivity index (χ0v) is 22.3. The average Bonchev–Trinajstić information content (AvgIpc) is 2.89. The number of thiocarbonyl (C=S) groups is 1. The fraction of sp³-hybridized carbons (Fsp3) is 0.259. The van der Waals surface area contributed by atoms with Crippen molar-refractivity contribution in [2.45, 2.75) is 32.8 Å². The van der Waals surface area contributed by atoms with Crippen LogP contribution in [0.5, 0.6) is 11.5 Å². The van der Waals surface area contributed by atoms with Crippen molar-refractivity contribution in [3.8, 4) is 11.5 Å². The van der Waals surface area contributed by atoms with Gasteiger partial charge in [0.2, 0.25) is 0 Å². The van der Waals surface area contributed by atoms with Crippen LogP contribution in [-0.2, 0) is 15.1 Å². The van der Waals surface area contributed by atoms with Crippen LogP contribution in [0.1, 0.15) is 37.0 Å². The van der Waals surface area contributed by atoms with Gasteiger partial charge in [0, 0.05) is 40.7 Å². The predicted octanol–water partition coefficient (Wildman–Crippen LogP) is 5.37. The van der Waals surface area contributed by atoms with E-state index in [9.17, 15) is 4.79 Å². The quantitative estimate of drug-likeness (QED) is 0.235. The summed E-state index contributed by atoms with van der Waals surface area (Å²) in [5, 5.41) is 8.72. The molecular formula is C27H27ClN4O4S. The molecule has 10 heteroatoms. The summed E-state index contributed by atoms with van der Waals surface area (Å²) in [5.74, 6) is 0.665. The molecule has 0 amide bonds. The Morgan fingerprint density at radius 1 is 1.27 bits per heavy atom. The van der Waals surface area contributed by atoms with E-state index < -0.39 is 11.6 Å². The van der Waals surface area contributed by atoms with Crippen molar-refractivity contribution in [2.24, 2.45) is 5.10 Å². The first-order chi connectivity index (χ1) is 17.8. The summed E-state index contributed by atoms with van der Waals surface area (Å²) in [5.41, 5.74) is 6.22. The number of hydrogen-bond acceptors (Lipinski definition) is 7. The number of pyridine rings is 1. The molecule has 0 saturated carbocycles. The number of halogens is 1. The molecule has 0 bridgehead atoms. The van der Waals surface area contributed by atoms with E-state index >= 15 is 0 Å². The number of benzene rings is 2. The van der Waals surface area contributed by atoms with Gasteiger partial charge in [0.1, 0.15) is 17.1 Å². The predicted molar refractivity (Wildman–Crippen MR) is 147 cm³/mol. The molecular weight excluding hydrogens is 512 g/mol. The molecule has 2 heterocycles. The van der Waals surface area contributed by atoms with Crippen LogP contribution in [0.4, 0.5) is 5.69 Å². The highest BCUT2D eigenvalue weighted by atomic mass is 35.5. The molecule has 0 aliphatic carbocycles. The van der Waals surface area contributed by atoms with E-state index in [1.165, 1.54) is 0 Å². The van der Waals surface area contributed by atoms with Gasteiger partial charge in [-0.1, -0.05) is 23.7 Å². The number of ether oxygens (including phenoxy) is 3. The smallest absolute Gasteiger partial charge is 0.344 e. The molecule has 2 N–H and O–H groups in total. The molecule has 0 fully saturated rings. The third-order valence-electron chi connectivity index (χ3n) is 5.84. The van der Waals surface area contributed by atoms with Crippen LogP contribution in [0.2, 0.25) is 5.02 Å². The molecule has 1 aliphatic rings. The lowest BCUT2D eigenvalue weighted by Gasteiger charge is -2.36. The number of anilines is 1. The van der Waals surface area contributed by atoms with Crippen molar-refractivity contribution in [2.75, 3.05) is 18.5 Å². The van der Waals surface area contributed by atoms with Crippen LogP contribution in [0.3, 0.4) is 0 Å². The summed E-state index contributed by atoms with van der Waals surface area (Å²) < 4.78 is 17.0. The number of hydrazone groups is 1. The molecule has 0 radical (unpaired) electrons. The SMILES string of the molecule is CCOC(=O)COc1ccc2c(c1)/C(=N\NC(=S)Nc1cccc(Cl)c1C)C[C@](C)(c1cccnc1)O2. The highest BCUT2D eigenvalue weighted by Gasteiger charge is 2.37. The van der Waals surface area contributed by atoms with Crippen LogP contribution in [-0.4, -0.2) is 35.0 Å². The Hall–Kier alpha value is -3.69. The van der Waals surface area contributed by atoms with Gasteiger partial charge in [-0.3, -0.25) is 10.4 Å². The molecule has 1 atom stereocenters. The van der Waals surface area contributed by atoms with Crippen LogP contribution < -0.4 is 20.2 Å². The lowest BCUT2D eigenvalue weighted by atomic mass is 9.86. The maximum absolute atomic E-state index is 11.7. The number of carbonyl (C=O) groups excluding carboxylic acids is 1. The fourth-order valence-corrected chi connectivity index (χ4v) is 4.23. The van der Waals surface area contributed by atoms with Crippen molar-refractivity contribution in [3.63, 3.8) is 0 Å². The molecule has 2 aromatic carbocycles. The van der Waals surface area contributed by atoms with E-state index in [0.29, 0.717) is 33.8 Å². The van der Waals surface area contributed by atoms with Gasteiger partial charge < -0.3 is 19.5 Å². The average molecular weight is 539 g/mol. The van der Waals surface area contributed by atoms with Crippen LogP contribution in [0, 0.1) is 6.92 Å². The summed E-state index contributed by atoms with van der Waals surface area (Å²) in [6.45, 7) is 5.73. The second kappa shape index (κ2) is 11.6. The number of rotatable bonds is 7. The Kier molecular flexibility index (Phi) is 8.25. The summed E-state index contributed by atoms with van der Waals surface area (Å²) >= 11 is 11.7. The van der Waals surface area contributed by atoms with Crippen molar-refractivity contribution >= 4 is 46.3 Å². The minimum absolute atomic E-state index is 0.196. The topological polar surface area (TPSA) is 94.1 Å². The molecule has 192 valence electrons. The zero-order valence-electron chi connectivity index (χ0n) is 20.7. The van der Waals surface area contributed by atoms with Gasteiger partial charge in [0.05, 0.1) is 12.3 Å². The van der Waals surface area contributed by atoms with E-state index in [4.69, 9.17) is 38.0 Å². The standard InChI is InChI=1S/C27H27ClN4O4S/c1-4-34-25(33)16-35-19-10-11-24-20(13-19)23(14-27(3,36-24)18-7-6-12-29-15-18)31-32-26(37)30-22-9-5-8-21(28)17(22)2/h5-13,15H,4,14,16H2,1-3H3,(H2,30,32,37)/b31-23-/t27-/m1/s1. The zero-order chi connectivity index (χ0) is 26.4. The van der Waals surface area contributed by atoms with Crippen LogP contribution in [0.25, 0.3) is 0 Å². The molecule has 0 saturated heterocycles. The first-order valence-corrected chi connectivity index (χ1v) is 12.5. The second-order valence-electron chi connectivity index (χ2n) is 8.54. The summed E-state index contributed by atoms with van der Waals surface area (Å²) in [6, 6.07) is 14.7. The monoisotopic (exact) mass is 538 g/mol. The number of nitrogens with one attached hydrogen (secondary N) is 2. The van der Waals surface area contributed by atoms with Gasteiger partial charge in [0.15, 0.2) is 11.7 Å². The summed E-state index contributed by atoms with van der Waals surface area (Å²) in [7, 11) is 0. The maximum atomic E-state index is 11.7. The van der Waals surface area contributed by atoms with Crippen molar-refractivity contribution in [3.05, 3.63) is 82.6 Å². The third-order valence-corrected chi connectivity index (χ3v) is 6.45. The molecule has 4 rings (SSSR count). The minimum atomic E-state index is -0.715. The number of esters is 1. The second-order valence-corrected chi connectivity index (χ2v) is 9.36. The number of fused-ring (bicyclic) bond motifs is 1. The first kappa shape index (κ1) is 26.4. The van der Waals surface area contributed by atoms with Crippen molar-refractivity contribution in [1.82, 2.24) is 10.4 Å². The van der Waals surface area contributed by atoms with Gasteiger partial charge in [-0.05, 0) is 75.0 Å². The first-order valence-electron chi connectivity index (χ1n) is 11.7. The number of carbonyl (C=O) groups is 1. The van der Waals surface area contributed by atoms with Gasteiger partial charge in [-0.15, -0.1) is 0 Å². The highest BCUT2D eigenvalue weighted by molar-refractivity contribution is 7.80. The van der Waals surface area contributed by atoms with E-state index in [1.807, 2.05) is 44.2 Å². The Bertz CT molecular complexity index is 1340. The number of nitrogens with zero attached hydrogens (tertiary/aromatic N) is 2. The van der Waals surface area contributed by atoms with Crippen molar-refractivity contribution in [1.29, 1.82) is 0 Å². The lowest BCUT2D eigenvalue weighted by Crippen LogP contribution is -2.38.